The van der Waals surface area contributed by atoms with E-state index in [1.54, 1.807) is 0 Å². The summed E-state index contributed by atoms with van der Waals surface area (Å²) in [4.78, 5) is 9.88. The molecule has 0 aliphatic rings. The maximum Gasteiger partial charge on any atom is 0.303 e. The Kier molecular flexibility index (Phi) is 4.00. The van der Waals surface area contributed by atoms with Crippen molar-refractivity contribution in [3.63, 3.8) is 0 Å². The maximum absolute atomic E-state index is 9.88. The van der Waals surface area contributed by atoms with Crippen LogP contribution in [0, 0.1) is 0 Å². The van der Waals surface area contributed by atoms with E-state index in [4.69, 9.17) is 10.3 Å². The number of carboxylic acid groups (broad SMARTS) is 1. The molecule has 0 aliphatic carbocycles. The van der Waals surface area contributed by atoms with Gasteiger partial charge in [-0.05, 0) is 6.42 Å². The molecule has 0 unspecified atom stereocenters. The Hall–Kier alpha value is -0.610. The average molecular weight is 133 g/mol. The number of hydrogen-bond acceptors (Lipinski definition) is 3. The van der Waals surface area contributed by atoms with Gasteiger partial charge >= 0.3 is 5.97 Å². The van der Waals surface area contributed by atoms with Crippen molar-refractivity contribution in [3.8, 4) is 0 Å². The van der Waals surface area contributed by atoms with Gasteiger partial charge in [0.15, 0.2) is 0 Å². The molecule has 0 rings (SSSR count). The van der Waals surface area contributed by atoms with Gasteiger partial charge < -0.3 is 10.3 Å². The molecule has 0 spiro atoms. The van der Waals surface area contributed by atoms with E-state index < -0.39 is 5.97 Å². The monoisotopic (exact) mass is 133 g/mol. The fourth-order valence-corrected chi connectivity index (χ4v) is 0.459. The van der Waals surface area contributed by atoms with Crippen LogP contribution in [0.2, 0.25) is 0 Å². The molecule has 4 nitrogen and oxygen atoms in total. The molecule has 0 radical (unpaired) electrons. The van der Waals surface area contributed by atoms with E-state index in [0.29, 0.717) is 13.0 Å². The standard InChI is InChI=1S/C5H11NO3/c1-6(9)4-2-3-5(7)8/h9H,2-4H2,1H3,(H,7,8). The molecule has 0 aromatic carbocycles. The summed E-state index contributed by atoms with van der Waals surface area (Å²) in [5.74, 6) is -0.822. The van der Waals surface area contributed by atoms with Crippen LogP contribution in [-0.4, -0.2) is 34.9 Å². The zero-order valence-electron chi connectivity index (χ0n) is 5.37. The summed E-state index contributed by atoms with van der Waals surface area (Å²) >= 11 is 0. The number of hydrogen-bond donors (Lipinski definition) is 2. The molecule has 0 aliphatic heterocycles. The third-order valence-electron chi connectivity index (χ3n) is 0.872. The largest absolute Gasteiger partial charge is 0.481 e. The summed E-state index contributed by atoms with van der Waals surface area (Å²) in [6.45, 7) is 0.409. The highest BCUT2D eigenvalue weighted by atomic mass is 16.5. The van der Waals surface area contributed by atoms with Crippen molar-refractivity contribution < 1.29 is 15.1 Å². The van der Waals surface area contributed by atoms with Gasteiger partial charge in [-0.3, -0.25) is 4.79 Å². The molecule has 0 heterocycles. The van der Waals surface area contributed by atoms with Crippen molar-refractivity contribution in [1.29, 1.82) is 0 Å². The Morgan fingerprint density at radius 1 is 1.67 bits per heavy atom. The van der Waals surface area contributed by atoms with Crippen molar-refractivity contribution in [2.75, 3.05) is 13.6 Å². The summed E-state index contributed by atoms with van der Waals surface area (Å²) in [6, 6.07) is 0. The molecule has 0 saturated heterocycles. The van der Waals surface area contributed by atoms with Crippen molar-refractivity contribution in [2.24, 2.45) is 0 Å². The zero-order chi connectivity index (χ0) is 7.28. The summed E-state index contributed by atoms with van der Waals surface area (Å²) in [5, 5.41) is 17.6. The van der Waals surface area contributed by atoms with Crippen LogP contribution in [-0.2, 0) is 4.79 Å². The average Bonchev–Trinajstić information content (AvgIpc) is 1.63. The van der Waals surface area contributed by atoms with Gasteiger partial charge in [-0.15, -0.1) is 0 Å². The predicted molar refractivity (Wildman–Crippen MR) is 31.3 cm³/mol. The van der Waals surface area contributed by atoms with Gasteiger partial charge in [-0.2, -0.15) is 5.06 Å². The van der Waals surface area contributed by atoms with Crippen LogP contribution in [0.5, 0.6) is 0 Å². The lowest BCUT2D eigenvalue weighted by Crippen LogP contribution is -2.14. The van der Waals surface area contributed by atoms with Crippen LogP contribution in [0.3, 0.4) is 0 Å². The van der Waals surface area contributed by atoms with Crippen LogP contribution in [0.15, 0.2) is 0 Å². The van der Waals surface area contributed by atoms with Gasteiger partial charge in [0, 0.05) is 20.0 Å². The summed E-state index contributed by atoms with van der Waals surface area (Å²) < 4.78 is 0. The summed E-state index contributed by atoms with van der Waals surface area (Å²) in [6.07, 6.45) is 0.604. The molecule has 0 fully saturated rings. The van der Waals surface area contributed by atoms with Gasteiger partial charge in [-0.25, -0.2) is 0 Å². The Labute approximate surface area is 53.7 Å². The van der Waals surface area contributed by atoms with Crippen molar-refractivity contribution in [2.45, 2.75) is 12.8 Å². The first-order valence-electron chi connectivity index (χ1n) is 2.74. The molecule has 0 aromatic heterocycles. The molecule has 54 valence electrons. The lowest BCUT2D eigenvalue weighted by molar-refractivity contribution is -0.137. The maximum atomic E-state index is 9.88. The fraction of sp³-hybridized carbons (Fsp3) is 0.800. The highest BCUT2D eigenvalue weighted by molar-refractivity contribution is 5.66. The van der Waals surface area contributed by atoms with Gasteiger partial charge in [-0.1, -0.05) is 0 Å². The summed E-state index contributed by atoms with van der Waals surface area (Å²) in [7, 11) is 1.49. The zero-order valence-corrected chi connectivity index (χ0v) is 5.37. The molecule has 0 amide bonds. The van der Waals surface area contributed by atoms with E-state index in [2.05, 4.69) is 0 Å². The molecule has 9 heavy (non-hydrogen) atoms. The highest BCUT2D eigenvalue weighted by Crippen LogP contribution is 1.88. The molecule has 2 N–H and O–H groups in total. The van der Waals surface area contributed by atoms with Crippen molar-refractivity contribution in [1.82, 2.24) is 5.06 Å². The summed E-state index contributed by atoms with van der Waals surface area (Å²) in [5.41, 5.74) is 0. The minimum absolute atomic E-state index is 0.116. The fourth-order valence-electron chi connectivity index (χ4n) is 0.459. The predicted octanol–water partition coefficient (Wildman–Crippen LogP) is 0.172. The van der Waals surface area contributed by atoms with E-state index >= 15 is 0 Å². The molecular formula is C5H11NO3. The second kappa shape index (κ2) is 4.29. The third kappa shape index (κ3) is 7.39. The van der Waals surface area contributed by atoms with E-state index in [1.165, 1.54) is 7.05 Å². The van der Waals surface area contributed by atoms with E-state index in [0.717, 1.165) is 5.06 Å². The van der Waals surface area contributed by atoms with Gasteiger partial charge in [0.2, 0.25) is 0 Å². The van der Waals surface area contributed by atoms with Crippen LogP contribution in [0.4, 0.5) is 0 Å². The first-order chi connectivity index (χ1) is 4.13. The van der Waals surface area contributed by atoms with E-state index in [1.807, 2.05) is 0 Å². The van der Waals surface area contributed by atoms with Crippen molar-refractivity contribution >= 4 is 5.97 Å². The molecule has 0 saturated carbocycles. The van der Waals surface area contributed by atoms with E-state index in [-0.39, 0.29) is 6.42 Å². The number of hydroxylamine groups is 2. The Bertz CT molecular complexity index is 92.2. The van der Waals surface area contributed by atoms with Crippen LogP contribution >= 0.6 is 0 Å². The SMILES string of the molecule is CN(O)CCCC(=O)O. The first kappa shape index (κ1) is 8.39. The Balaban J connectivity index is 3.01. The second-order valence-corrected chi connectivity index (χ2v) is 1.88. The highest BCUT2D eigenvalue weighted by Gasteiger charge is 1.96. The quantitative estimate of drug-likeness (QED) is 0.537. The van der Waals surface area contributed by atoms with Crippen LogP contribution in [0.25, 0.3) is 0 Å². The van der Waals surface area contributed by atoms with E-state index in [9.17, 15) is 4.79 Å². The molecular weight excluding hydrogens is 122 g/mol. The number of rotatable bonds is 4. The number of carbonyl (C=O) groups is 1. The molecule has 4 heteroatoms. The van der Waals surface area contributed by atoms with Crippen LogP contribution in [0.1, 0.15) is 12.8 Å². The smallest absolute Gasteiger partial charge is 0.303 e. The van der Waals surface area contributed by atoms with Gasteiger partial charge in [0.25, 0.3) is 0 Å². The number of aliphatic carboxylic acids is 1. The topological polar surface area (TPSA) is 60.8 Å². The normalized spacial score (nSPS) is 10.1. The van der Waals surface area contributed by atoms with Crippen molar-refractivity contribution in [3.05, 3.63) is 0 Å². The lowest BCUT2D eigenvalue weighted by Gasteiger charge is -2.04. The first-order valence-corrected chi connectivity index (χ1v) is 2.74. The minimum Gasteiger partial charge on any atom is -0.481 e. The van der Waals surface area contributed by atoms with Crippen LogP contribution < -0.4 is 0 Å². The number of nitrogens with zero attached hydrogens (tertiary/aromatic N) is 1. The second-order valence-electron chi connectivity index (χ2n) is 1.88. The molecule has 0 atom stereocenters. The molecule has 0 bridgehead atoms. The minimum atomic E-state index is -0.822. The Morgan fingerprint density at radius 2 is 2.22 bits per heavy atom. The third-order valence-corrected chi connectivity index (χ3v) is 0.872. The van der Waals surface area contributed by atoms with Gasteiger partial charge in [0.1, 0.15) is 0 Å². The lowest BCUT2D eigenvalue weighted by atomic mass is 10.3. The Morgan fingerprint density at radius 3 is 2.56 bits per heavy atom. The van der Waals surface area contributed by atoms with Gasteiger partial charge in [0.05, 0.1) is 0 Å². The number of carboxylic acids is 1. The molecule has 0 aromatic rings.